The van der Waals surface area contributed by atoms with Crippen LogP contribution in [-0.4, -0.2) is 72.2 Å². The highest BCUT2D eigenvalue weighted by Crippen LogP contribution is 2.48. The van der Waals surface area contributed by atoms with Gasteiger partial charge in [-0.15, -0.1) is 0 Å². The van der Waals surface area contributed by atoms with Crippen molar-refractivity contribution in [2.45, 2.75) is 97.1 Å². The molecule has 49 heavy (non-hydrogen) atoms. The molecule has 5 rings (SSSR count). The molecule has 1 atom stereocenters. The zero-order valence-electron chi connectivity index (χ0n) is 28.8. The van der Waals surface area contributed by atoms with Crippen LogP contribution in [0.25, 0.3) is 0 Å². The standard InChI is InChI=1S/C37H46F6N2O4/c1-33(2,3)49-31(46)30-27(25-13-15-36(39,40)16-14-25)11-12-29(38)28(30)20-48-19-26-18-44(17-24-9-7-6-8-10-24)21-35(26)22-45(23-35)32(47)34(4,5)37(41,42)43/h6-12,25-26H,13-23H2,1-5H3/t26-/m0/s1. The van der Waals surface area contributed by atoms with Crippen LogP contribution in [0.3, 0.4) is 0 Å². The Balaban J connectivity index is 1.36. The van der Waals surface area contributed by atoms with E-state index in [4.69, 9.17) is 9.47 Å². The number of carbonyl (C=O) groups is 2. The first-order valence-corrected chi connectivity index (χ1v) is 16.8. The highest BCUT2D eigenvalue weighted by molar-refractivity contribution is 5.93. The van der Waals surface area contributed by atoms with Gasteiger partial charge in [0.05, 0.1) is 18.8 Å². The van der Waals surface area contributed by atoms with E-state index >= 15 is 4.39 Å². The van der Waals surface area contributed by atoms with Gasteiger partial charge in [0.25, 0.3) is 0 Å². The molecule has 0 aromatic heterocycles. The summed E-state index contributed by atoms with van der Waals surface area (Å²) in [5, 5.41) is 0. The van der Waals surface area contributed by atoms with Crippen molar-refractivity contribution in [1.82, 2.24) is 9.80 Å². The van der Waals surface area contributed by atoms with Gasteiger partial charge < -0.3 is 14.4 Å². The number of benzene rings is 2. The van der Waals surface area contributed by atoms with Gasteiger partial charge in [0.1, 0.15) is 16.8 Å². The molecule has 2 aromatic carbocycles. The number of esters is 1. The second-order valence-corrected chi connectivity index (χ2v) is 15.6. The molecular formula is C37H46F6N2O4. The third kappa shape index (κ3) is 8.11. The molecule has 2 aromatic rings. The third-order valence-electron chi connectivity index (χ3n) is 10.3. The Labute approximate surface area is 284 Å². The fraction of sp³-hybridized carbons (Fsp3) is 0.622. The predicted molar refractivity (Wildman–Crippen MR) is 171 cm³/mol. The number of nitrogens with zero attached hydrogens (tertiary/aromatic N) is 2. The number of likely N-dealkylation sites (tertiary alicyclic amines) is 2. The molecule has 2 saturated heterocycles. The molecule has 3 aliphatic rings. The topological polar surface area (TPSA) is 59.1 Å². The maximum Gasteiger partial charge on any atom is 0.402 e. The molecule has 6 nitrogen and oxygen atoms in total. The minimum atomic E-state index is -4.70. The summed E-state index contributed by atoms with van der Waals surface area (Å²) < 4.78 is 96.5. The second kappa shape index (κ2) is 13.5. The summed E-state index contributed by atoms with van der Waals surface area (Å²) in [6, 6.07) is 12.4. The Bertz CT molecular complexity index is 1510. The van der Waals surface area contributed by atoms with Crippen LogP contribution in [0.4, 0.5) is 26.3 Å². The van der Waals surface area contributed by atoms with E-state index in [0.29, 0.717) is 25.2 Å². The first-order chi connectivity index (χ1) is 22.7. The fourth-order valence-electron chi connectivity index (χ4n) is 7.41. The highest BCUT2D eigenvalue weighted by Gasteiger charge is 2.61. The van der Waals surface area contributed by atoms with Crippen LogP contribution in [0.2, 0.25) is 0 Å². The van der Waals surface area contributed by atoms with Gasteiger partial charge in [-0.3, -0.25) is 9.69 Å². The van der Waals surface area contributed by atoms with Crippen molar-refractivity contribution < 1.29 is 45.4 Å². The quantitative estimate of drug-likeness (QED) is 0.196. The first-order valence-electron chi connectivity index (χ1n) is 16.8. The van der Waals surface area contributed by atoms with Crippen LogP contribution in [0, 0.1) is 22.6 Å². The molecule has 0 unspecified atom stereocenters. The lowest BCUT2D eigenvalue weighted by molar-refractivity contribution is -0.223. The largest absolute Gasteiger partial charge is 0.456 e. The van der Waals surface area contributed by atoms with Crippen molar-refractivity contribution in [3.05, 3.63) is 70.5 Å². The second-order valence-electron chi connectivity index (χ2n) is 15.6. The monoisotopic (exact) mass is 696 g/mol. The molecule has 0 bridgehead atoms. The average Bonchev–Trinajstić information content (AvgIpc) is 3.33. The minimum Gasteiger partial charge on any atom is -0.456 e. The van der Waals surface area contributed by atoms with Gasteiger partial charge in [-0.25, -0.2) is 18.0 Å². The van der Waals surface area contributed by atoms with Crippen molar-refractivity contribution in [3.63, 3.8) is 0 Å². The Morgan fingerprint density at radius 3 is 2.14 bits per heavy atom. The first kappa shape index (κ1) is 37.1. The molecule has 12 heteroatoms. The summed E-state index contributed by atoms with van der Waals surface area (Å²) in [6.07, 6.45) is -5.10. The lowest BCUT2D eigenvalue weighted by atomic mass is 9.70. The maximum atomic E-state index is 15.5. The van der Waals surface area contributed by atoms with Crippen LogP contribution < -0.4 is 0 Å². The molecule has 0 radical (unpaired) electrons. The van der Waals surface area contributed by atoms with Crippen molar-refractivity contribution in [2.24, 2.45) is 16.7 Å². The number of alkyl halides is 5. The summed E-state index contributed by atoms with van der Waals surface area (Å²) >= 11 is 0. The zero-order valence-corrected chi connectivity index (χ0v) is 28.8. The maximum absolute atomic E-state index is 15.5. The van der Waals surface area contributed by atoms with Crippen LogP contribution in [0.1, 0.15) is 93.3 Å². The summed E-state index contributed by atoms with van der Waals surface area (Å²) in [4.78, 5) is 30.0. The van der Waals surface area contributed by atoms with E-state index in [0.717, 1.165) is 19.4 Å². The van der Waals surface area contributed by atoms with Gasteiger partial charge in [-0.05, 0) is 70.6 Å². The molecule has 1 aliphatic carbocycles. The number of hydrogen-bond donors (Lipinski definition) is 0. The summed E-state index contributed by atoms with van der Waals surface area (Å²) in [7, 11) is 0. The molecule has 1 spiro atoms. The van der Waals surface area contributed by atoms with Crippen LogP contribution >= 0.6 is 0 Å². The van der Waals surface area contributed by atoms with Gasteiger partial charge in [0.15, 0.2) is 0 Å². The van der Waals surface area contributed by atoms with E-state index in [1.807, 2.05) is 30.3 Å². The van der Waals surface area contributed by atoms with Crippen LogP contribution in [-0.2, 0) is 27.4 Å². The third-order valence-corrected chi connectivity index (χ3v) is 10.3. The van der Waals surface area contributed by atoms with Crippen LogP contribution in [0.15, 0.2) is 42.5 Å². The average molecular weight is 697 g/mol. The van der Waals surface area contributed by atoms with Crippen molar-refractivity contribution in [1.29, 1.82) is 0 Å². The number of rotatable bonds is 9. The van der Waals surface area contributed by atoms with Crippen molar-refractivity contribution >= 4 is 11.9 Å². The van der Waals surface area contributed by atoms with E-state index in [9.17, 15) is 31.5 Å². The summed E-state index contributed by atoms with van der Waals surface area (Å²) in [5.74, 6) is -5.80. The van der Waals surface area contributed by atoms with E-state index < -0.39 is 46.2 Å². The molecule has 2 heterocycles. The van der Waals surface area contributed by atoms with Crippen molar-refractivity contribution in [3.8, 4) is 0 Å². The van der Waals surface area contributed by atoms with E-state index in [1.165, 1.54) is 17.0 Å². The Morgan fingerprint density at radius 2 is 1.55 bits per heavy atom. The number of amides is 1. The highest BCUT2D eigenvalue weighted by atomic mass is 19.4. The Kier molecular flexibility index (Phi) is 10.3. The molecule has 3 fully saturated rings. The van der Waals surface area contributed by atoms with Gasteiger partial charge in [0.2, 0.25) is 11.8 Å². The molecule has 1 saturated carbocycles. The van der Waals surface area contributed by atoms with Gasteiger partial charge in [0, 0.05) is 62.5 Å². The summed E-state index contributed by atoms with van der Waals surface area (Å²) in [6.45, 7) is 8.56. The van der Waals surface area contributed by atoms with Gasteiger partial charge in [-0.2, -0.15) is 13.2 Å². The summed E-state index contributed by atoms with van der Waals surface area (Å²) in [5.41, 5.74) is -2.47. The lowest BCUT2D eigenvalue weighted by Gasteiger charge is -2.53. The minimum absolute atomic E-state index is 0.00761. The molecule has 2 aliphatic heterocycles. The smallest absolute Gasteiger partial charge is 0.402 e. The SMILES string of the molecule is CC(C)(C)OC(=O)c1c(C2CCC(F)(F)CC2)ccc(F)c1COC[C@@H]1CN(Cc2ccccc2)CC12CN(C(=O)C(C)(C)C(F)(F)F)C2. The number of halogens is 6. The fourth-order valence-corrected chi connectivity index (χ4v) is 7.41. The lowest BCUT2D eigenvalue weighted by Crippen LogP contribution is -2.65. The van der Waals surface area contributed by atoms with E-state index in [1.54, 1.807) is 20.8 Å². The Hall–Kier alpha value is -3.12. The number of hydrogen-bond acceptors (Lipinski definition) is 5. The Morgan fingerprint density at radius 1 is 0.918 bits per heavy atom. The molecule has 270 valence electrons. The zero-order chi connectivity index (χ0) is 36.0. The van der Waals surface area contributed by atoms with Crippen molar-refractivity contribution in [2.75, 3.05) is 32.8 Å². The van der Waals surface area contributed by atoms with Gasteiger partial charge >= 0.3 is 12.1 Å². The normalized spacial score (nSPS) is 21.5. The van der Waals surface area contributed by atoms with Gasteiger partial charge in [-0.1, -0.05) is 36.4 Å². The van der Waals surface area contributed by atoms with Crippen LogP contribution in [0.5, 0.6) is 0 Å². The number of carbonyl (C=O) groups excluding carboxylic acids is 2. The molecule has 0 N–H and O–H groups in total. The molecular weight excluding hydrogens is 650 g/mol. The van der Waals surface area contributed by atoms with E-state index in [-0.39, 0.29) is 74.9 Å². The molecule has 1 amide bonds. The number of ether oxygens (including phenoxy) is 2. The van der Waals surface area contributed by atoms with E-state index in [2.05, 4.69) is 4.90 Å². The predicted octanol–water partition coefficient (Wildman–Crippen LogP) is 8.14.